The number of nitrogens with one attached hydrogen (secondary N) is 1. The topological polar surface area (TPSA) is 38.3 Å². The molecule has 0 spiro atoms. The second-order valence-electron chi connectivity index (χ2n) is 5.24. The van der Waals surface area contributed by atoms with E-state index in [9.17, 15) is 4.21 Å². The van der Waals surface area contributed by atoms with Crippen molar-refractivity contribution in [3.05, 3.63) is 0 Å². The predicted molar refractivity (Wildman–Crippen MR) is 71.7 cm³/mol. The summed E-state index contributed by atoms with van der Waals surface area (Å²) in [5, 5.41) is 3.98. The van der Waals surface area contributed by atoms with Gasteiger partial charge in [-0.25, -0.2) is 0 Å². The maximum atomic E-state index is 12.3. The maximum absolute atomic E-state index is 12.3. The highest BCUT2D eigenvalue weighted by molar-refractivity contribution is 7.85. The van der Waals surface area contributed by atoms with Gasteiger partial charge in [-0.15, -0.1) is 0 Å². The van der Waals surface area contributed by atoms with Gasteiger partial charge in [-0.05, 0) is 25.8 Å². The molecule has 1 aliphatic heterocycles. The van der Waals surface area contributed by atoms with Crippen molar-refractivity contribution < 1.29 is 8.95 Å². The highest BCUT2D eigenvalue weighted by Crippen LogP contribution is 2.25. The van der Waals surface area contributed by atoms with Crippen LogP contribution in [0.2, 0.25) is 0 Å². The molecule has 3 nitrogen and oxygen atoms in total. The molecule has 0 amide bonds. The van der Waals surface area contributed by atoms with Crippen molar-refractivity contribution >= 4 is 10.8 Å². The zero-order valence-corrected chi connectivity index (χ0v) is 11.6. The molecule has 1 saturated carbocycles. The van der Waals surface area contributed by atoms with Crippen LogP contribution in [-0.2, 0) is 15.5 Å². The Labute approximate surface area is 107 Å². The predicted octanol–water partition coefficient (Wildman–Crippen LogP) is 1.69. The normalized spacial score (nSPS) is 29.6. The molecule has 0 aromatic carbocycles. The van der Waals surface area contributed by atoms with E-state index in [1.165, 1.54) is 25.7 Å². The van der Waals surface area contributed by atoms with Gasteiger partial charge in [-0.1, -0.05) is 19.8 Å². The summed E-state index contributed by atoms with van der Waals surface area (Å²) in [6.45, 7) is 4.81. The fourth-order valence-electron chi connectivity index (χ4n) is 2.96. The highest BCUT2D eigenvalue weighted by Gasteiger charge is 2.29. The molecule has 1 heterocycles. The van der Waals surface area contributed by atoms with Crippen LogP contribution in [0.1, 0.15) is 39.0 Å². The molecule has 0 bridgehead atoms. The summed E-state index contributed by atoms with van der Waals surface area (Å²) >= 11 is 0. The van der Waals surface area contributed by atoms with Gasteiger partial charge < -0.3 is 10.1 Å². The Bertz CT molecular complexity index is 248. The summed E-state index contributed by atoms with van der Waals surface area (Å²) in [5.41, 5.74) is 0. The molecular formula is C13H25NO2S. The monoisotopic (exact) mass is 259 g/mol. The molecule has 2 aliphatic rings. The Morgan fingerprint density at radius 2 is 2.12 bits per heavy atom. The number of hydrogen-bond acceptors (Lipinski definition) is 3. The number of ether oxygens (including phenoxy) is 1. The van der Waals surface area contributed by atoms with Crippen LogP contribution in [0.5, 0.6) is 0 Å². The Morgan fingerprint density at radius 1 is 1.35 bits per heavy atom. The molecule has 4 heteroatoms. The third kappa shape index (κ3) is 3.76. The maximum Gasteiger partial charge on any atom is 0.0510 e. The first-order chi connectivity index (χ1) is 8.31. The molecule has 0 aromatic heterocycles. The fraction of sp³-hybridized carbons (Fsp3) is 1.00. The van der Waals surface area contributed by atoms with E-state index in [-0.39, 0.29) is 0 Å². The SMILES string of the molecule is CCNC(CS(=O)C1CCCC1)C1CCOC1. The van der Waals surface area contributed by atoms with E-state index in [0.717, 1.165) is 31.9 Å². The molecule has 2 rings (SSSR count). The Balaban J connectivity index is 1.84. The van der Waals surface area contributed by atoms with Gasteiger partial charge in [-0.3, -0.25) is 4.21 Å². The minimum atomic E-state index is -0.641. The minimum Gasteiger partial charge on any atom is -0.381 e. The summed E-state index contributed by atoms with van der Waals surface area (Å²) in [4.78, 5) is 0. The molecule has 0 radical (unpaired) electrons. The highest BCUT2D eigenvalue weighted by atomic mass is 32.2. The van der Waals surface area contributed by atoms with E-state index in [1.54, 1.807) is 0 Å². The van der Waals surface area contributed by atoms with Crippen LogP contribution in [0.15, 0.2) is 0 Å². The van der Waals surface area contributed by atoms with E-state index in [0.29, 0.717) is 17.2 Å². The zero-order valence-electron chi connectivity index (χ0n) is 10.8. The van der Waals surface area contributed by atoms with Gasteiger partial charge in [0.2, 0.25) is 0 Å². The van der Waals surface area contributed by atoms with Gasteiger partial charge in [0.25, 0.3) is 0 Å². The first-order valence-corrected chi connectivity index (χ1v) is 8.37. The minimum absolute atomic E-state index is 0.393. The lowest BCUT2D eigenvalue weighted by Gasteiger charge is -2.24. The summed E-state index contributed by atoms with van der Waals surface area (Å²) in [7, 11) is -0.641. The zero-order chi connectivity index (χ0) is 12.1. The lowest BCUT2D eigenvalue weighted by Crippen LogP contribution is -2.42. The third-order valence-corrected chi connectivity index (χ3v) is 5.92. The lowest BCUT2D eigenvalue weighted by atomic mass is 10.0. The quantitative estimate of drug-likeness (QED) is 0.789. The van der Waals surface area contributed by atoms with Crippen LogP contribution in [-0.4, -0.2) is 41.0 Å². The van der Waals surface area contributed by atoms with Crippen molar-refractivity contribution in [3.63, 3.8) is 0 Å². The summed E-state index contributed by atoms with van der Waals surface area (Å²) in [6, 6.07) is 0.393. The first kappa shape index (κ1) is 13.5. The Hall–Kier alpha value is 0.0700. The smallest absolute Gasteiger partial charge is 0.0510 e. The first-order valence-electron chi connectivity index (χ1n) is 6.99. The average Bonchev–Trinajstić information content (AvgIpc) is 3.01. The Kier molecular flexibility index (Phi) is 5.45. The second-order valence-corrected chi connectivity index (χ2v) is 7.00. The van der Waals surface area contributed by atoms with Crippen LogP contribution >= 0.6 is 0 Å². The Morgan fingerprint density at radius 3 is 2.71 bits per heavy atom. The van der Waals surface area contributed by atoms with Crippen LogP contribution in [0, 0.1) is 5.92 Å². The molecule has 100 valence electrons. The largest absolute Gasteiger partial charge is 0.381 e. The average molecular weight is 259 g/mol. The van der Waals surface area contributed by atoms with Crippen LogP contribution in [0.25, 0.3) is 0 Å². The number of hydrogen-bond donors (Lipinski definition) is 1. The number of rotatable bonds is 6. The van der Waals surface area contributed by atoms with Gasteiger partial charge in [0.1, 0.15) is 0 Å². The van der Waals surface area contributed by atoms with E-state index in [4.69, 9.17) is 4.74 Å². The van der Waals surface area contributed by atoms with Crippen LogP contribution in [0.4, 0.5) is 0 Å². The molecule has 2 fully saturated rings. The molecule has 1 N–H and O–H groups in total. The van der Waals surface area contributed by atoms with Crippen molar-refractivity contribution in [3.8, 4) is 0 Å². The van der Waals surface area contributed by atoms with Gasteiger partial charge in [0.05, 0.1) is 6.61 Å². The molecule has 1 aliphatic carbocycles. The van der Waals surface area contributed by atoms with Gasteiger partial charge >= 0.3 is 0 Å². The van der Waals surface area contributed by atoms with Crippen molar-refractivity contribution in [2.75, 3.05) is 25.5 Å². The van der Waals surface area contributed by atoms with Crippen molar-refractivity contribution in [1.82, 2.24) is 5.32 Å². The molecule has 17 heavy (non-hydrogen) atoms. The molecular weight excluding hydrogens is 234 g/mol. The van der Waals surface area contributed by atoms with Gasteiger partial charge in [-0.2, -0.15) is 0 Å². The summed E-state index contributed by atoms with van der Waals surface area (Å²) in [5.74, 6) is 1.40. The van der Waals surface area contributed by atoms with Gasteiger partial charge in [0, 0.05) is 40.4 Å². The van der Waals surface area contributed by atoms with Gasteiger partial charge in [0.15, 0.2) is 0 Å². The standard InChI is InChI=1S/C13H25NO2S/c1-2-14-13(11-7-8-16-9-11)10-17(15)12-5-3-4-6-12/h11-14H,2-10H2,1H3. The fourth-order valence-corrected chi connectivity index (χ4v) is 4.83. The second kappa shape index (κ2) is 6.86. The third-order valence-electron chi connectivity index (χ3n) is 4.02. The van der Waals surface area contributed by atoms with Crippen molar-refractivity contribution in [2.24, 2.45) is 5.92 Å². The van der Waals surface area contributed by atoms with E-state index in [2.05, 4.69) is 12.2 Å². The van der Waals surface area contributed by atoms with Crippen LogP contribution in [0.3, 0.4) is 0 Å². The molecule has 0 aromatic rings. The molecule has 3 unspecified atom stereocenters. The lowest BCUT2D eigenvalue weighted by molar-refractivity contribution is 0.179. The van der Waals surface area contributed by atoms with E-state index < -0.39 is 10.8 Å². The van der Waals surface area contributed by atoms with E-state index in [1.807, 2.05) is 0 Å². The van der Waals surface area contributed by atoms with Crippen molar-refractivity contribution in [1.29, 1.82) is 0 Å². The van der Waals surface area contributed by atoms with Crippen molar-refractivity contribution in [2.45, 2.75) is 50.3 Å². The van der Waals surface area contributed by atoms with E-state index >= 15 is 0 Å². The molecule has 1 saturated heterocycles. The van der Waals surface area contributed by atoms with Crippen LogP contribution < -0.4 is 5.32 Å². The molecule has 3 atom stereocenters. The summed E-state index contributed by atoms with van der Waals surface area (Å²) < 4.78 is 17.8. The summed E-state index contributed by atoms with van der Waals surface area (Å²) in [6.07, 6.45) is 6.02.